The number of rotatable bonds is 49. The Balaban J connectivity index is 4.60. The third kappa shape index (κ3) is 54.5. The van der Waals surface area contributed by atoms with Gasteiger partial charge in [-0.05, 0) is 96.3 Å². The molecular formula is C64H102O6. The molecule has 0 saturated carbocycles. The third-order valence-corrected chi connectivity index (χ3v) is 11.4. The van der Waals surface area contributed by atoms with E-state index in [1.54, 1.807) is 0 Å². The van der Waals surface area contributed by atoms with Crippen LogP contribution < -0.4 is 0 Å². The number of unbranched alkanes of at least 4 members (excludes halogenated alkanes) is 16. The van der Waals surface area contributed by atoms with Crippen molar-refractivity contribution in [2.45, 2.75) is 239 Å². The molecule has 0 aromatic heterocycles. The van der Waals surface area contributed by atoms with Crippen LogP contribution in [0.2, 0.25) is 0 Å². The number of carbonyl (C=O) groups excluding carboxylic acids is 3. The van der Waals surface area contributed by atoms with Crippen LogP contribution in [0, 0.1) is 0 Å². The van der Waals surface area contributed by atoms with Gasteiger partial charge in [0, 0.05) is 19.3 Å². The smallest absolute Gasteiger partial charge is 0.306 e. The molecule has 0 aliphatic heterocycles. The Hall–Kier alpha value is -4.45. The van der Waals surface area contributed by atoms with Crippen LogP contribution in [0.1, 0.15) is 233 Å². The van der Waals surface area contributed by atoms with E-state index in [1.165, 1.54) is 83.5 Å². The van der Waals surface area contributed by atoms with Crippen LogP contribution in [0.15, 0.2) is 134 Å². The lowest BCUT2D eigenvalue weighted by Gasteiger charge is -2.18. The quantitative estimate of drug-likeness (QED) is 0.0262. The van der Waals surface area contributed by atoms with Crippen LogP contribution in [0.4, 0.5) is 0 Å². The third-order valence-electron chi connectivity index (χ3n) is 11.4. The highest BCUT2D eigenvalue weighted by Crippen LogP contribution is 2.15. The van der Waals surface area contributed by atoms with E-state index in [-0.39, 0.29) is 44.0 Å². The maximum absolute atomic E-state index is 12.8. The molecular weight excluding hydrogens is 865 g/mol. The summed E-state index contributed by atoms with van der Waals surface area (Å²) in [4.78, 5) is 38.1. The predicted octanol–water partition coefficient (Wildman–Crippen LogP) is 19.0. The molecule has 6 nitrogen and oxygen atoms in total. The zero-order chi connectivity index (χ0) is 50.7. The minimum Gasteiger partial charge on any atom is -0.462 e. The van der Waals surface area contributed by atoms with E-state index in [1.807, 2.05) is 12.2 Å². The van der Waals surface area contributed by atoms with Gasteiger partial charge in [-0.1, -0.05) is 251 Å². The van der Waals surface area contributed by atoms with E-state index in [2.05, 4.69) is 142 Å². The van der Waals surface area contributed by atoms with Gasteiger partial charge in [0.2, 0.25) is 0 Å². The van der Waals surface area contributed by atoms with Crippen molar-refractivity contribution >= 4 is 17.9 Å². The molecule has 0 fully saturated rings. The zero-order valence-corrected chi connectivity index (χ0v) is 45.0. The summed E-state index contributed by atoms with van der Waals surface area (Å²) in [6, 6.07) is 0. The van der Waals surface area contributed by atoms with E-state index < -0.39 is 6.10 Å². The molecule has 0 amide bonds. The molecule has 70 heavy (non-hydrogen) atoms. The lowest BCUT2D eigenvalue weighted by atomic mass is 10.0. The summed E-state index contributed by atoms with van der Waals surface area (Å²) in [5.41, 5.74) is 0. The zero-order valence-electron chi connectivity index (χ0n) is 45.0. The number of allylic oxidation sites excluding steroid dienone is 22. The van der Waals surface area contributed by atoms with Crippen LogP contribution >= 0.6 is 0 Å². The molecule has 0 heterocycles. The molecule has 0 aromatic carbocycles. The van der Waals surface area contributed by atoms with Crippen LogP contribution in [0.3, 0.4) is 0 Å². The molecule has 6 heteroatoms. The van der Waals surface area contributed by atoms with Crippen LogP contribution in [-0.2, 0) is 28.6 Å². The average Bonchev–Trinajstić information content (AvgIpc) is 3.36. The SMILES string of the molecule is CC/C=C\C/C=C\C/C=C\C/C=C\C/C=C\C/C=C\CCC(=O)OC[C@@H](COC(=O)CCCCCCCCCCCCCCCCCC)OC(=O)CCC/C=C\C/C=C\C/C=C\C/C=C\C/C=C\CC. The van der Waals surface area contributed by atoms with Gasteiger partial charge in [0.05, 0.1) is 0 Å². The molecule has 394 valence electrons. The van der Waals surface area contributed by atoms with Crippen LogP contribution in [-0.4, -0.2) is 37.2 Å². The van der Waals surface area contributed by atoms with E-state index in [0.717, 1.165) is 96.3 Å². The van der Waals surface area contributed by atoms with Gasteiger partial charge in [0.15, 0.2) is 6.10 Å². The Labute approximate surface area is 430 Å². The molecule has 0 aliphatic carbocycles. The van der Waals surface area contributed by atoms with Gasteiger partial charge in [-0.3, -0.25) is 14.4 Å². The van der Waals surface area contributed by atoms with E-state index in [9.17, 15) is 14.4 Å². The highest BCUT2D eigenvalue weighted by molar-refractivity contribution is 5.71. The number of carbonyl (C=O) groups is 3. The van der Waals surface area contributed by atoms with Crippen LogP contribution in [0.5, 0.6) is 0 Å². The summed E-state index contributed by atoms with van der Waals surface area (Å²) < 4.78 is 16.7. The number of hydrogen-bond acceptors (Lipinski definition) is 6. The molecule has 0 spiro atoms. The molecule has 1 atom stereocenters. The second kappa shape index (κ2) is 57.1. The summed E-state index contributed by atoms with van der Waals surface area (Å²) in [6.45, 7) is 6.30. The monoisotopic (exact) mass is 967 g/mol. The lowest BCUT2D eigenvalue weighted by Crippen LogP contribution is -2.30. The minimum absolute atomic E-state index is 0.126. The summed E-state index contributed by atoms with van der Waals surface area (Å²) in [5, 5.41) is 0. The highest BCUT2D eigenvalue weighted by Gasteiger charge is 2.19. The Bertz CT molecular complexity index is 1530. The van der Waals surface area contributed by atoms with Gasteiger partial charge in [-0.2, -0.15) is 0 Å². The normalized spacial score (nSPS) is 13.1. The van der Waals surface area contributed by atoms with Crippen molar-refractivity contribution in [3.8, 4) is 0 Å². The number of esters is 3. The first-order valence-corrected chi connectivity index (χ1v) is 28.2. The number of hydrogen-bond donors (Lipinski definition) is 0. The molecule has 0 aliphatic rings. The van der Waals surface area contributed by atoms with Crippen molar-refractivity contribution in [3.63, 3.8) is 0 Å². The fourth-order valence-electron chi connectivity index (χ4n) is 7.27. The topological polar surface area (TPSA) is 78.9 Å². The van der Waals surface area contributed by atoms with E-state index >= 15 is 0 Å². The molecule has 0 aromatic rings. The standard InChI is InChI=1S/C64H102O6/c1-4-7-10-13-16-19-22-25-28-31-32-34-36-39-42-45-48-51-54-57-63(66)69-60-61(59-68-62(65)56-53-50-47-44-41-38-35-30-27-24-21-18-15-12-9-6-3)70-64(67)58-55-52-49-46-43-40-37-33-29-26-23-20-17-14-11-8-5-2/h7-8,10-11,16-17,19-20,25-26,28-29,32,34,37,39-40,42,46,48-49,51,61H,4-6,9,12-15,18,21-24,27,30-31,33,35-36,38,41,43-45,47,50,52-60H2,1-3H3/b10-7-,11-8-,19-16-,20-17-,28-25-,29-26-,34-32-,40-37-,42-39-,49-46-,51-48-/t61-/m1/s1. The Morgan fingerprint density at radius 2 is 0.586 bits per heavy atom. The Morgan fingerprint density at radius 1 is 0.300 bits per heavy atom. The highest BCUT2D eigenvalue weighted by atomic mass is 16.6. The van der Waals surface area contributed by atoms with E-state index in [4.69, 9.17) is 14.2 Å². The van der Waals surface area contributed by atoms with Crippen LogP contribution in [0.25, 0.3) is 0 Å². The summed E-state index contributed by atoms with van der Waals surface area (Å²) in [7, 11) is 0. The Kier molecular flexibility index (Phi) is 53.5. The minimum atomic E-state index is -0.842. The predicted molar refractivity (Wildman–Crippen MR) is 302 cm³/mol. The van der Waals surface area contributed by atoms with Gasteiger partial charge < -0.3 is 14.2 Å². The second-order valence-electron chi connectivity index (χ2n) is 18.1. The Morgan fingerprint density at radius 3 is 0.943 bits per heavy atom. The van der Waals surface area contributed by atoms with Gasteiger partial charge in [-0.25, -0.2) is 0 Å². The van der Waals surface area contributed by atoms with Crippen molar-refractivity contribution in [2.24, 2.45) is 0 Å². The lowest BCUT2D eigenvalue weighted by molar-refractivity contribution is -0.166. The van der Waals surface area contributed by atoms with Gasteiger partial charge in [-0.15, -0.1) is 0 Å². The summed E-state index contributed by atoms with van der Waals surface area (Å²) >= 11 is 0. The van der Waals surface area contributed by atoms with Gasteiger partial charge in [0.25, 0.3) is 0 Å². The molecule has 0 saturated heterocycles. The van der Waals surface area contributed by atoms with Crippen molar-refractivity contribution in [1.82, 2.24) is 0 Å². The molecule has 0 unspecified atom stereocenters. The largest absolute Gasteiger partial charge is 0.462 e. The van der Waals surface area contributed by atoms with Gasteiger partial charge in [0.1, 0.15) is 13.2 Å². The first-order chi connectivity index (χ1) is 34.5. The van der Waals surface area contributed by atoms with Crippen molar-refractivity contribution < 1.29 is 28.6 Å². The fourth-order valence-corrected chi connectivity index (χ4v) is 7.27. The number of ether oxygens (including phenoxy) is 3. The van der Waals surface area contributed by atoms with Crippen molar-refractivity contribution in [3.05, 3.63) is 134 Å². The molecule has 0 radical (unpaired) electrons. The summed E-state index contributed by atoms with van der Waals surface area (Å²) in [6.07, 6.45) is 80.3. The summed E-state index contributed by atoms with van der Waals surface area (Å²) in [5.74, 6) is -1.08. The van der Waals surface area contributed by atoms with Gasteiger partial charge >= 0.3 is 17.9 Å². The average molecular weight is 968 g/mol. The molecule has 0 bridgehead atoms. The molecule has 0 N–H and O–H groups in total. The van der Waals surface area contributed by atoms with Crippen molar-refractivity contribution in [2.75, 3.05) is 13.2 Å². The van der Waals surface area contributed by atoms with E-state index in [0.29, 0.717) is 19.3 Å². The first kappa shape index (κ1) is 65.5. The molecule has 0 rings (SSSR count). The first-order valence-electron chi connectivity index (χ1n) is 28.2. The van der Waals surface area contributed by atoms with Crippen molar-refractivity contribution in [1.29, 1.82) is 0 Å². The fraction of sp³-hybridized carbons (Fsp3) is 0.609. The second-order valence-corrected chi connectivity index (χ2v) is 18.1. The maximum atomic E-state index is 12.8. The maximum Gasteiger partial charge on any atom is 0.306 e.